The summed E-state index contributed by atoms with van der Waals surface area (Å²) >= 11 is 0. The molecule has 0 unspecified atom stereocenters. The van der Waals surface area contributed by atoms with Gasteiger partial charge in [0.05, 0.1) is 16.6 Å². The minimum Gasteiger partial charge on any atom is -0.431 e. The number of nitrogens with one attached hydrogen (secondary N) is 3. The van der Waals surface area contributed by atoms with Crippen molar-refractivity contribution >= 4 is 40.8 Å². The number of benzene rings is 2. The number of aliphatic imine (C=N–C) groups is 1. The van der Waals surface area contributed by atoms with Crippen LogP contribution in [0.25, 0.3) is 11.0 Å². The molecule has 0 bridgehead atoms. The van der Waals surface area contributed by atoms with E-state index in [9.17, 15) is 27.2 Å². The van der Waals surface area contributed by atoms with Crippen molar-refractivity contribution in [2.24, 2.45) is 10.7 Å². The molecule has 14 heteroatoms. The van der Waals surface area contributed by atoms with Gasteiger partial charge in [-0.05, 0) is 30.3 Å². The normalized spacial score (nSPS) is 12.1. The molecule has 2 heterocycles. The number of anilines is 1. The third-order valence-electron chi connectivity index (χ3n) is 4.34. The molecule has 0 aliphatic rings. The fraction of sp³-hybridized carbons (Fsp3) is 0.0500. The van der Waals surface area contributed by atoms with Crippen LogP contribution in [0.2, 0.25) is 0 Å². The molecular formula is C20H13F4N7O3. The van der Waals surface area contributed by atoms with Crippen molar-refractivity contribution in [3.05, 3.63) is 71.4 Å². The SMILES string of the molecule is NC(=Nc1nc2ccccc2[nH]1)NC(=O)c1coc(NC(=O)c2ccc(C(F)(F)F)c(F)c2)n1. The first-order valence-corrected chi connectivity index (χ1v) is 9.34. The first kappa shape index (κ1) is 22.4. The number of guanidine groups is 1. The number of oxazole rings is 1. The average Bonchev–Trinajstić information content (AvgIpc) is 3.39. The maximum atomic E-state index is 13.7. The number of carbonyl (C=O) groups is 2. The highest BCUT2D eigenvalue weighted by atomic mass is 19.4. The van der Waals surface area contributed by atoms with E-state index in [2.05, 4.69) is 30.6 Å². The number of halogens is 4. The Hall–Kier alpha value is -4.75. The number of fused-ring (bicyclic) bond motifs is 1. The standard InChI is InChI=1S/C20H13F4N7O3/c21-11-7-9(5-6-10(11)20(22,23)24)15(32)30-19-28-14(8-34-19)16(33)29-17(25)31-18-26-12-3-1-2-4-13(12)27-18/h1-8H,(H,28,30,32)(H4,25,26,27,29,31,33). The van der Waals surface area contributed by atoms with E-state index in [1.165, 1.54) is 0 Å². The lowest BCUT2D eigenvalue weighted by Gasteiger charge is -2.08. The molecule has 2 amide bonds. The highest BCUT2D eigenvalue weighted by Gasteiger charge is 2.34. The van der Waals surface area contributed by atoms with Gasteiger partial charge in [0.15, 0.2) is 5.69 Å². The molecule has 34 heavy (non-hydrogen) atoms. The van der Waals surface area contributed by atoms with Crippen LogP contribution in [0.15, 0.2) is 58.1 Å². The lowest BCUT2D eigenvalue weighted by molar-refractivity contribution is -0.140. The third-order valence-corrected chi connectivity index (χ3v) is 4.34. The lowest BCUT2D eigenvalue weighted by Crippen LogP contribution is -2.36. The number of aromatic nitrogens is 3. The van der Waals surface area contributed by atoms with Gasteiger partial charge >= 0.3 is 12.2 Å². The molecule has 0 saturated carbocycles. The van der Waals surface area contributed by atoms with Crippen LogP contribution in [-0.2, 0) is 6.18 Å². The highest BCUT2D eigenvalue weighted by Crippen LogP contribution is 2.31. The summed E-state index contributed by atoms with van der Waals surface area (Å²) in [5.41, 5.74) is 4.83. The number of amides is 2. The number of H-pyrrole nitrogens is 1. The summed E-state index contributed by atoms with van der Waals surface area (Å²) in [6, 6.07) is 8.30. The molecule has 0 radical (unpaired) electrons. The Bertz CT molecular complexity index is 1390. The van der Waals surface area contributed by atoms with Gasteiger partial charge in [0.1, 0.15) is 12.1 Å². The molecule has 5 N–H and O–H groups in total. The Morgan fingerprint density at radius 2 is 1.85 bits per heavy atom. The van der Waals surface area contributed by atoms with Gasteiger partial charge in [-0.2, -0.15) is 23.1 Å². The van der Waals surface area contributed by atoms with E-state index in [0.29, 0.717) is 23.2 Å². The molecule has 4 rings (SSSR count). The molecule has 2 aromatic carbocycles. The zero-order valence-electron chi connectivity index (χ0n) is 16.8. The maximum absolute atomic E-state index is 13.7. The largest absolute Gasteiger partial charge is 0.431 e. The second-order valence-corrected chi connectivity index (χ2v) is 6.71. The topological polar surface area (TPSA) is 151 Å². The summed E-state index contributed by atoms with van der Waals surface area (Å²) in [6.07, 6.45) is -4.01. The van der Waals surface area contributed by atoms with E-state index in [1.54, 1.807) is 24.3 Å². The molecule has 0 aliphatic heterocycles. The molecule has 0 saturated heterocycles. The van der Waals surface area contributed by atoms with Gasteiger partial charge in [0, 0.05) is 5.56 Å². The Kier molecular flexibility index (Phi) is 5.71. The number of hydrogen-bond donors (Lipinski definition) is 4. The molecule has 174 valence electrons. The van der Waals surface area contributed by atoms with Crippen molar-refractivity contribution in [2.75, 3.05) is 5.32 Å². The summed E-state index contributed by atoms with van der Waals surface area (Å²) in [7, 11) is 0. The maximum Gasteiger partial charge on any atom is 0.419 e. The summed E-state index contributed by atoms with van der Waals surface area (Å²) in [5, 5.41) is 4.36. The van der Waals surface area contributed by atoms with Gasteiger partial charge in [-0.1, -0.05) is 12.1 Å². The highest BCUT2D eigenvalue weighted by molar-refractivity contribution is 6.06. The molecule has 0 spiro atoms. The van der Waals surface area contributed by atoms with Crippen LogP contribution in [0, 0.1) is 5.82 Å². The second kappa shape index (κ2) is 8.65. The van der Waals surface area contributed by atoms with Crippen LogP contribution in [0.1, 0.15) is 26.4 Å². The predicted molar refractivity (Wildman–Crippen MR) is 111 cm³/mol. The van der Waals surface area contributed by atoms with Crippen molar-refractivity contribution < 1.29 is 31.6 Å². The fourth-order valence-electron chi connectivity index (χ4n) is 2.81. The van der Waals surface area contributed by atoms with Gasteiger partial charge in [-0.25, -0.2) is 9.37 Å². The molecule has 2 aromatic heterocycles. The monoisotopic (exact) mass is 475 g/mol. The van der Waals surface area contributed by atoms with Gasteiger partial charge in [0.25, 0.3) is 11.8 Å². The molecule has 0 aliphatic carbocycles. The number of hydrogen-bond acceptors (Lipinski definition) is 6. The number of para-hydroxylation sites is 2. The van der Waals surface area contributed by atoms with Crippen LogP contribution < -0.4 is 16.4 Å². The molecule has 10 nitrogen and oxygen atoms in total. The van der Waals surface area contributed by atoms with E-state index >= 15 is 0 Å². The summed E-state index contributed by atoms with van der Waals surface area (Å²) in [4.78, 5) is 39.2. The number of nitrogens with zero attached hydrogens (tertiary/aromatic N) is 3. The zero-order valence-corrected chi connectivity index (χ0v) is 16.8. The second-order valence-electron chi connectivity index (χ2n) is 6.71. The minimum atomic E-state index is -4.90. The van der Waals surface area contributed by atoms with Crippen molar-refractivity contribution in [3.8, 4) is 0 Å². The zero-order chi connectivity index (χ0) is 24.5. The van der Waals surface area contributed by atoms with E-state index in [4.69, 9.17) is 10.2 Å². The summed E-state index contributed by atoms with van der Waals surface area (Å²) in [5.74, 6) is -3.62. The van der Waals surface area contributed by atoms with Gasteiger partial charge in [-0.15, -0.1) is 0 Å². The molecule has 0 fully saturated rings. The molecular weight excluding hydrogens is 462 g/mol. The fourth-order valence-corrected chi connectivity index (χ4v) is 2.81. The van der Waals surface area contributed by atoms with Crippen LogP contribution in [-0.4, -0.2) is 32.7 Å². The van der Waals surface area contributed by atoms with Crippen LogP contribution in [0.4, 0.5) is 29.5 Å². The number of imidazole rings is 1. The minimum absolute atomic E-state index is 0.149. The predicted octanol–water partition coefficient (Wildman–Crippen LogP) is 3.34. The molecule has 0 atom stereocenters. The Balaban J connectivity index is 1.41. The Morgan fingerprint density at radius 3 is 2.56 bits per heavy atom. The average molecular weight is 475 g/mol. The lowest BCUT2D eigenvalue weighted by atomic mass is 10.1. The first-order valence-electron chi connectivity index (χ1n) is 9.34. The van der Waals surface area contributed by atoms with E-state index in [0.717, 1.165) is 12.3 Å². The first-order chi connectivity index (χ1) is 16.1. The summed E-state index contributed by atoms with van der Waals surface area (Å²) < 4.78 is 56.5. The van der Waals surface area contributed by atoms with Crippen LogP contribution in [0.5, 0.6) is 0 Å². The van der Waals surface area contributed by atoms with E-state index in [-0.39, 0.29) is 17.6 Å². The van der Waals surface area contributed by atoms with Crippen molar-refractivity contribution in [3.63, 3.8) is 0 Å². The Morgan fingerprint density at radius 1 is 1.09 bits per heavy atom. The number of nitrogens with two attached hydrogens (primary N) is 1. The van der Waals surface area contributed by atoms with Crippen LogP contribution in [0.3, 0.4) is 0 Å². The van der Waals surface area contributed by atoms with Crippen molar-refractivity contribution in [1.82, 2.24) is 20.3 Å². The quantitative estimate of drug-likeness (QED) is 0.202. The molecule has 4 aromatic rings. The van der Waals surface area contributed by atoms with Gasteiger partial charge < -0.3 is 15.1 Å². The van der Waals surface area contributed by atoms with Crippen LogP contribution >= 0.6 is 0 Å². The van der Waals surface area contributed by atoms with Crippen molar-refractivity contribution in [1.29, 1.82) is 0 Å². The summed E-state index contributed by atoms with van der Waals surface area (Å²) in [6.45, 7) is 0. The van der Waals surface area contributed by atoms with E-state index in [1.807, 2.05) is 0 Å². The smallest absolute Gasteiger partial charge is 0.419 e. The van der Waals surface area contributed by atoms with Crippen molar-refractivity contribution in [2.45, 2.75) is 6.18 Å². The van der Waals surface area contributed by atoms with Gasteiger partial charge in [0.2, 0.25) is 11.9 Å². The number of alkyl halides is 3. The number of rotatable bonds is 4. The van der Waals surface area contributed by atoms with Gasteiger partial charge in [-0.3, -0.25) is 20.2 Å². The Labute approximate surface area is 186 Å². The number of carbonyl (C=O) groups excluding carboxylic acids is 2. The number of aromatic amines is 1. The van der Waals surface area contributed by atoms with E-state index < -0.39 is 40.9 Å². The third kappa shape index (κ3) is 4.85.